The SMILES string of the molecule is CC(C)(C)c1cccc(N2C(=O)[C@@H]3[C@@H]4CC[C@@H]([C@@H]5C[C@@H]54)[C@@H]3C2=O)c1. The molecule has 3 nitrogen and oxygen atoms in total. The molecule has 5 aliphatic rings. The molecule has 1 aliphatic heterocycles. The van der Waals surface area contributed by atoms with Gasteiger partial charge in [0.2, 0.25) is 11.8 Å². The zero-order valence-corrected chi connectivity index (χ0v) is 14.7. The maximum Gasteiger partial charge on any atom is 0.237 e. The number of imide groups is 1. The summed E-state index contributed by atoms with van der Waals surface area (Å²) in [4.78, 5) is 27.9. The molecule has 1 heterocycles. The van der Waals surface area contributed by atoms with Gasteiger partial charge in [-0.1, -0.05) is 32.9 Å². The van der Waals surface area contributed by atoms with E-state index >= 15 is 0 Å². The van der Waals surface area contributed by atoms with Gasteiger partial charge >= 0.3 is 0 Å². The Labute approximate surface area is 143 Å². The molecular formula is C21H25NO2. The minimum absolute atomic E-state index is 0.00917. The van der Waals surface area contributed by atoms with E-state index in [1.54, 1.807) is 0 Å². The molecule has 3 heteroatoms. The van der Waals surface area contributed by atoms with Crippen molar-refractivity contribution >= 4 is 17.5 Å². The lowest BCUT2D eigenvalue weighted by molar-refractivity contribution is -0.129. The Morgan fingerprint density at radius 2 is 1.50 bits per heavy atom. The van der Waals surface area contributed by atoms with E-state index in [1.165, 1.54) is 16.9 Å². The summed E-state index contributed by atoms with van der Waals surface area (Å²) < 4.78 is 0. The second kappa shape index (κ2) is 4.50. The Hall–Kier alpha value is -1.64. The van der Waals surface area contributed by atoms with E-state index in [0.29, 0.717) is 11.8 Å². The zero-order valence-electron chi connectivity index (χ0n) is 14.7. The van der Waals surface area contributed by atoms with Gasteiger partial charge in [-0.25, -0.2) is 0 Å². The molecule has 4 saturated carbocycles. The summed E-state index contributed by atoms with van der Waals surface area (Å²) in [7, 11) is 0. The van der Waals surface area contributed by atoms with Crippen LogP contribution in [0.4, 0.5) is 5.69 Å². The molecule has 2 bridgehead atoms. The van der Waals surface area contributed by atoms with Crippen LogP contribution < -0.4 is 4.90 Å². The topological polar surface area (TPSA) is 37.4 Å². The quantitative estimate of drug-likeness (QED) is 0.738. The van der Waals surface area contributed by atoms with Gasteiger partial charge in [-0.15, -0.1) is 0 Å². The van der Waals surface area contributed by atoms with Crippen LogP contribution >= 0.6 is 0 Å². The third kappa shape index (κ3) is 1.79. The number of fused-ring (bicyclic) bond motifs is 1. The molecule has 5 fully saturated rings. The van der Waals surface area contributed by atoms with Crippen molar-refractivity contribution in [2.24, 2.45) is 35.5 Å². The first-order chi connectivity index (χ1) is 11.4. The molecule has 6 rings (SSSR count). The van der Waals surface area contributed by atoms with E-state index in [2.05, 4.69) is 26.8 Å². The predicted molar refractivity (Wildman–Crippen MR) is 92.4 cm³/mol. The van der Waals surface area contributed by atoms with Gasteiger partial charge < -0.3 is 0 Å². The van der Waals surface area contributed by atoms with Crippen molar-refractivity contribution in [2.75, 3.05) is 4.90 Å². The molecule has 24 heavy (non-hydrogen) atoms. The van der Waals surface area contributed by atoms with Gasteiger partial charge in [-0.2, -0.15) is 0 Å². The van der Waals surface area contributed by atoms with Crippen LogP contribution in [0.3, 0.4) is 0 Å². The number of hydrogen-bond acceptors (Lipinski definition) is 2. The highest BCUT2D eigenvalue weighted by atomic mass is 16.2. The first kappa shape index (κ1) is 14.7. The molecule has 0 N–H and O–H groups in total. The fourth-order valence-electron chi connectivity index (χ4n) is 5.90. The molecule has 0 radical (unpaired) electrons. The number of rotatable bonds is 1. The highest BCUT2D eigenvalue weighted by molar-refractivity contribution is 6.22. The van der Waals surface area contributed by atoms with Gasteiger partial charge in [0.15, 0.2) is 0 Å². The van der Waals surface area contributed by atoms with Crippen LogP contribution in [0, 0.1) is 35.5 Å². The standard InChI is InChI=1S/C21H25NO2/c1-21(2,3)11-5-4-6-12(9-11)22-19(23)17-13-7-8-14(16-10-15(13)16)18(17)20(22)24/h4-6,9,13-18H,7-8,10H2,1-3H3/t13-,14+,15-,16+,17-,18+. The average molecular weight is 323 g/mol. The average Bonchev–Trinajstić information content (AvgIpc) is 3.31. The van der Waals surface area contributed by atoms with E-state index in [1.807, 2.05) is 18.2 Å². The monoisotopic (exact) mass is 323 g/mol. The van der Waals surface area contributed by atoms with Gasteiger partial charge in [0.05, 0.1) is 17.5 Å². The maximum absolute atomic E-state index is 13.2. The van der Waals surface area contributed by atoms with Gasteiger partial charge in [-0.05, 0) is 66.0 Å². The molecule has 1 aromatic rings. The molecule has 0 spiro atoms. The number of carbonyl (C=O) groups excluding carboxylic acids is 2. The van der Waals surface area contributed by atoms with Crippen LogP contribution in [-0.2, 0) is 15.0 Å². The highest BCUT2D eigenvalue weighted by Gasteiger charge is 2.68. The highest BCUT2D eigenvalue weighted by Crippen LogP contribution is 2.68. The first-order valence-electron chi connectivity index (χ1n) is 9.36. The first-order valence-corrected chi connectivity index (χ1v) is 9.36. The van der Waals surface area contributed by atoms with E-state index < -0.39 is 0 Å². The van der Waals surface area contributed by atoms with Crippen LogP contribution in [-0.4, -0.2) is 11.8 Å². The molecule has 0 unspecified atom stereocenters. The van der Waals surface area contributed by atoms with E-state index in [-0.39, 0.29) is 29.1 Å². The van der Waals surface area contributed by atoms with Crippen LogP contribution in [0.5, 0.6) is 0 Å². The second-order valence-corrected chi connectivity index (χ2v) is 9.33. The normalized spacial score (nSPS) is 39.9. The van der Waals surface area contributed by atoms with Crippen molar-refractivity contribution in [1.29, 1.82) is 0 Å². The Balaban J connectivity index is 1.54. The van der Waals surface area contributed by atoms with Gasteiger partial charge in [0.25, 0.3) is 0 Å². The van der Waals surface area contributed by atoms with E-state index in [0.717, 1.165) is 30.4 Å². The summed E-state index contributed by atoms with van der Waals surface area (Å²) in [6.07, 6.45) is 3.58. The Morgan fingerprint density at radius 1 is 0.917 bits per heavy atom. The van der Waals surface area contributed by atoms with Crippen molar-refractivity contribution in [3.8, 4) is 0 Å². The Kier molecular flexibility index (Phi) is 2.75. The summed E-state index contributed by atoms with van der Waals surface area (Å²) in [6, 6.07) is 8.02. The molecule has 2 amide bonds. The van der Waals surface area contributed by atoms with Gasteiger partial charge in [-0.3, -0.25) is 14.5 Å². The van der Waals surface area contributed by atoms with Crippen molar-refractivity contribution in [1.82, 2.24) is 0 Å². The predicted octanol–water partition coefficient (Wildman–Crippen LogP) is 3.77. The zero-order chi connectivity index (χ0) is 16.8. The second-order valence-electron chi connectivity index (χ2n) is 9.33. The molecule has 126 valence electrons. The summed E-state index contributed by atoms with van der Waals surface area (Å²) in [6.45, 7) is 6.48. The van der Waals surface area contributed by atoms with Crippen molar-refractivity contribution in [3.05, 3.63) is 29.8 Å². The molecular weight excluding hydrogens is 298 g/mol. The van der Waals surface area contributed by atoms with Gasteiger partial charge in [0.1, 0.15) is 0 Å². The van der Waals surface area contributed by atoms with Crippen molar-refractivity contribution in [2.45, 2.75) is 45.4 Å². The number of carbonyl (C=O) groups is 2. The summed E-state index contributed by atoms with van der Waals surface area (Å²) in [5.74, 6) is 2.52. The smallest absolute Gasteiger partial charge is 0.237 e. The lowest BCUT2D eigenvalue weighted by Gasteiger charge is -2.42. The van der Waals surface area contributed by atoms with Crippen molar-refractivity contribution < 1.29 is 9.59 Å². The summed E-state index contributed by atoms with van der Waals surface area (Å²) in [5, 5.41) is 0. The van der Waals surface area contributed by atoms with E-state index in [9.17, 15) is 9.59 Å². The number of nitrogens with zero attached hydrogens (tertiary/aromatic N) is 1. The number of benzene rings is 1. The maximum atomic E-state index is 13.2. The summed E-state index contributed by atoms with van der Waals surface area (Å²) >= 11 is 0. The lowest BCUT2D eigenvalue weighted by atomic mass is 9.59. The third-order valence-corrected chi connectivity index (χ3v) is 7.12. The molecule has 6 atom stereocenters. The molecule has 1 saturated heterocycles. The van der Waals surface area contributed by atoms with E-state index in [4.69, 9.17) is 0 Å². The minimum atomic E-state index is -0.0294. The lowest BCUT2D eigenvalue weighted by Crippen LogP contribution is -2.43. The minimum Gasteiger partial charge on any atom is -0.274 e. The van der Waals surface area contributed by atoms with Crippen LogP contribution in [0.15, 0.2) is 24.3 Å². The molecule has 1 aromatic carbocycles. The third-order valence-electron chi connectivity index (χ3n) is 7.12. The largest absolute Gasteiger partial charge is 0.274 e. The fraction of sp³-hybridized carbons (Fsp3) is 0.619. The van der Waals surface area contributed by atoms with Gasteiger partial charge in [0, 0.05) is 0 Å². The number of amides is 2. The van der Waals surface area contributed by atoms with Crippen molar-refractivity contribution in [3.63, 3.8) is 0 Å². The Bertz CT molecular complexity index is 712. The number of hydrogen-bond donors (Lipinski definition) is 0. The molecule has 0 aromatic heterocycles. The van der Waals surface area contributed by atoms with Crippen LogP contribution in [0.25, 0.3) is 0 Å². The summed E-state index contributed by atoms with van der Waals surface area (Å²) in [5.41, 5.74) is 1.95. The number of anilines is 1. The van der Waals surface area contributed by atoms with Crippen LogP contribution in [0.2, 0.25) is 0 Å². The Morgan fingerprint density at radius 3 is 2.04 bits per heavy atom. The fourth-order valence-corrected chi connectivity index (χ4v) is 5.90. The van der Waals surface area contributed by atoms with Crippen LogP contribution in [0.1, 0.15) is 45.6 Å². The molecule has 4 aliphatic carbocycles.